The van der Waals surface area contributed by atoms with E-state index in [2.05, 4.69) is 0 Å². The summed E-state index contributed by atoms with van der Waals surface area (Å²) in [5, 5.41) is 8.02. The van der Waals surface area contributed by atoms with E-state index in [1.807, 2.05) is 0 Å². The molecule has 1 fully saturated rings. The zero-order chi connectivity index (χ0) is 12.3. The summed E-state index contributed by atoms with van der Waals surface area (Å²) < 4.78 is 11.1. The Morgan fingerprint density at radius 3 is 3.06 bits per heavy atom. The summed E-state index contributed by atoms with van der Waals surface area (Å²) in [5.74, 6) is 0.518. The normalized spacial score (nSPS) is 19.2. The number of amidine groups is 1. The number of hydrogen-bond acceptors (Lipinski definition) is 3. The summed E-state index contributed by atoms with van der Waals surface area (Å²) in [4.78, 5) is 0. The fourth-order valence-electron chi connectivity index (χ4n) is 1.80. The van der Waals surface area contributed by atoms with Crippen LogP contribution in [0, 0.1) is 5.41 Å². The van der Waals surface area contributed by atoms with Crippen molar-refractivity contribution < 1.29 is 9.47 Å². The average Bonchev–Trinajstić information content (AvgIpc) is 2.78. The molecule has 92 valence electrons. The Bertz CT molecular complexity index is 417. The van der Waals surface area contributed by atoms with Gasteiger partial charge in [0.15, 0.2) is 0 Å². The second-order valence-corrected chi connectivity index (χ2v) is 4.44. The van der Waals surface area contributed by atoms with Gasteiger partial charge >= 0.3 is 0 Å². The SMILES string of the molecule is N=C(N)c1ccc(Cl)cc1OCC1CCCO1. The Kier molecular flexibility index (Phi) is 3.86. The van der Waals surface area contributed by atoms with Crippen LogP contribution in [0.15, 0.2) is 18.2 Å². The van der Waals surface area contributed by atoms with E-state index in [-0.39, 0.29) is 11.9 Å². The molecule has 0 bridgehead atoms. The van der Waals surface area contributed by atoms with Gasteiger partial charge in [0, 0.05) is 11.6 Å². The lowest BCUT2D eigenvalue weighted by atomic mass is 10.2. The van der Waals surface area contributed by atoms with Crippen LogP contribution in [0.3, 0.4) is 0 Å². The van der Waals surface area contributed by atoms with E-state index in [0.29, 0.717) is 22.9 Å². The average molecular weight is 255 g/mol. The van der Waals surface area contributed by atoms with E-state index in [0.717, 1.165) is 19.4 Å². The predicted molar refractivity (Wildman–Crippen MR) is 66.9 cm³/mol. The number of hydrogen-bond donors (Lipinski definition) is 2. The van der Waals surface area contributed by atoms with E-state index in [1.54, 1.807) is 18.2 Å². The molecule has 1 aromatic carbocycles. The van der Waals surface area contributed by atoms with Gasteiger partial charge in [0.1, 0.15) is 18.2 Å². The van der Waals surface area contributed by atoms with Crippen molar-refractivity contribution in [3.05, 3.63) is 28.8 Å². The summed E-state index contributed by atoms with van der Waals surface area (Å²) in [6, 6.07) is 5.06. The van der Waals surface area contributed by atoms with Gasteiger partial charge in [-0.25, -0.2) is 0 Å². The second-order valence-electron chi connectivity index (χ2n) is 4.00. The number of nitrogen functional groups attached to an aromatic ring is 1. The minimum Gasteiger partial charge on any atom is -0.490 e. The molecule has 1 heterocycles. The molecule has 1 unspecified atom stereocenters. The smallest absolute Gasteiger partial charge is 0.131 e. The van der Waals surface area contributed by atoms with Crippen LogP contribution in [-0.4, -0.2) is 25.2 Å². The third kappa shape index (κ3) is 3.11. The molecule has 17 heavy (non-hydrogen) atoms. The van der Waals surface area contributed by atoms with Gasteiger partial charge in [0.2, 0.25) is 0 Å². The molecule has 1 aromatic rings. The number of ether oxygens (including phenoxy) is 2. The van der Waals surface area contributed by atoms with Gasteiger partial charge in [-0.15, -0.1) is 0 Å². The van der Waals surface area contributed by atoms with E-state index >= 15 is 0 Å². The first-order chi connectivity index (χ1) is 8.16. The lowest BCUT2D eigenvalue weighted by molar-refractivity contribution is 0.0679. The van der Waals surface area contributed by atoms with Gasteiger partial charge in [0.05, 0.1) is 11.7 Å². The van der Waals surface area contributed by atoms with Crippen LogP contribution in [0.1, 0.15) is 18.4 Å². The Hall–Kier alpha value is -1.26. The quantitative estimate of drug-likeness (QED) is 0.639. The first-order valence-corrected chi connectivity index (χ1v) is 5.93. The van der Waals surface area contributed by atoms with Crippen molar-refractivity contribution in [2.45, 2.75) is 18.9 Å². The molecule has 2 rings (SSSR count). The van der Waals surface area contributed by atoms with Crippen LogP contribution in [0.4, 0.5) is 0 Å². The predicted octanol–water partition coefficient (Wildman–Crippen LogP) is 2.18. The Balaban J connectivity index is 2.07. The van der Waals surface area contributed by atoms with Crippen molar-refractivity contribution in [3.8, 4) is 5.75 Å². The van der Waals surface area contributed by atoms with Gasteiger partial charge in [-0.1, -0.05) is 11.6 Å². The molecule has 1 aliphatic heterocycles. The molecule has 4 nitrogen and oxygen atoms in total. The van der Waals surface area contributed by atoms with Crippen LogP contribution in [0.2, 0.25) is 5.02 Å². The van der Waals surface area contributed by atoms with Crippen LogP contribution in [0.25, 0.3) is 0 Å². The molecule has 0 saturated carbocycles. The molecule has 3 N–H and O–H groups in total. The highest BCUT2D eigenvalue weighted by Gasteiger charge is 2.17. The molecule has 0 radical (unpaired) electrons. The summed E-state index contributed by atoms with van der Waals surface area (Å²) in [7, 11) is 0. The molecule has 0 amide bonds. The van der Waals surface area contributed by atoms with Crippen molar-refractivity contribution in [1.82, 2.24) is 0 Å². The van der Waals surface area contributed by atoms with Gasteiger partial charge in [-0.2, -0.15) is 0 Å². The van der Waals surface area contributed by atoms with E-state index in [4.69, 9.17) is 32.2 Å². The maximum atomic E-state index is 7.46. The number of rotatable bonds is 4. The number of nitrogens with one attached hydrogen (secondary N) is 1. The largest absolute Gasteiger partial charge is 0.490 e. The molecule has 0 aliphatic carbocycles. The van der Waals surface area contributed by atoms with Crippen LogP contribution in [0.5, 0.6) is 5.75 Å². The minimum absolute atomic E-state index is 0.0241. The third-order valence-corrected chi connectivity index (χ3v) is 2.92. The van der Waals surface area contributed by atoms with E-state index in [1.165, 1.54) is 0 Å². The number of nitrogens with two attached hydrogens (primary N) is 1. The van der Waals surface area contributed by atoms with E-state index < -0.39 is 0 Å². The molecule has 1 aliphatic rings. The highest BCUT2D eigenvalue weighted by atomic mass is 35.5. The summed E-state index contributed by atoms with van der Waals surface area (Å²) in [6.07, 6.45) is 2.22. The Labute approximate surface area is 105 Å². The number of benzene rings is 1. The van der Waals surface area contributed by atoms with Crippen molar-refractivity contribution in [3.63, 3.8) is 0 Å². The molecule has 1 atom stereocenters. The summed E-state index contributed by atoms with van der Waals surface area (Å²) >= 11 is 5.89. The van der Waals surface area contributed by atoms with Crippen molar-refractivity contribution >= 4 is 17.4 Å². The molecular formula is C12H15ClN2O2. The zero-order valence-corrected chi connectivity index (χ0v) is 10.2. The van der Waals surface area contributed by atoms with Gasteiger partial charge in [0.25, 0.3) is 0 Å². The molecule has 5 heteroatoms. The van der Waals surface area contributed by atoms with Gasteiger partial charge in [-0.05, 0) is 31.0 Å². The highest BCUT2D eigenvalue weighted by Crippen LogP contribution is 2.24. The van der Waals surface area contributed by atoms with Crippen LogP contribution < -0.4 is 10.5 Å². The monoisotopic (exact) mass is 254 g/mol. The minimum atomic E-state index is -0.0241. The molecule has 0 aromatic heterocycles. The maximum absolute atomic E-state index is 7.46. The summed E-state index contributed by atoms with van der Waals surface area (Å²) in [6.45, 7) is 1.27. The molecular weight excluding hydrogens is 240 g/mol. The third-order valence-electron chi connectivity index (χ3n) is 2.68. The topological polar surface area (TPSA) is 68.3 Å². The molecule has 0 spiro atoms. The summed E-state index contributed by atoms with van der Waals surface area (Å²) in [5.41, 5.74) is 6.04. The zero-order valence-electron chi connectivity index (χ0n) is 9.41. The van der Waals surface area contributed by atoms with Crippen LogP contribution >= 0.6 is 11.6 Å². The van der Waals surface area contributed by atoms with Crippen molar-refractivity contribution in [2.24, 2.45) is 5.73 Å². The van der Waals surface area contributed by atoms with E-state index in [9.17, 15) is 0 Å². The Morgan fingerprint density at radius 2 is 2.41 bits per heavy atom. The fraction of sp³-hybridized carbons (Fsp3) is 0.417. The standard InChI is InChI=1S/C12H15ClN2O2/c13-8-3-4-10(12(14)15)11(6-8)17-7-9-2-1-5-16-9/h3-4,6,9H,1-2,5,7H2,(H3,14,15). The number of halogens is 1. The lowest BCUT2D eigenvalue weighted by Gasteiger charge is -2.14. The van der Waals surface area contributed by atoms with Crippen LogP contribution in [-0.2, 0) is 4.74 Å². The Morgan fingerprint density at radius 1 is 1.59 bits per heavy atom. The lowest BCUT2D eigenvalue weighted by Crippen LogP contribution is -2.19. The molecule has 1 saturated heterocycles. The maximum Gasteiger partial charge on any atom is 0.131 e. The highest BCUT2D eigenvalue weighted by molar-refractivity contribution is 6.30. The second kappa shape index (κ2) is 5.38. The fourth-order valence-corrected chi connectivity index (χ4v) is 1.96. The van der Waals surface area contributed by atoms with Gasteiger partial charge in [-0.3, -0.25) is 5.41 Å². The van der Waals surface area contributed by atoms with Crippen molar-refractivity contribution in [2.75, 3.05) is 13.2 Å². The van der Waals surface area contributed by atoms with Gasteiger partial charge < -0.3 is 15.2 Å². The van der Waals surface area contributed by atoms with Crippen molar-refractivity contribution in [1.29, 1.82) is 5.41 Å². The first-order valence-electron chi connectivity index (χ1n) is 5.55. The first kappa shape index (κ1) is 12.2.